The Kier molecular flexibility index (Phi) is 3.39. The maximum Gasteiger partial charge on any atom is 0.254 e. The lowest BCUT2D eigenvalue weighted by atomic mass is 10.2. The highest BCUT2D eigenvalue weighted by Gasteiger charge is 2.27. The van der Waals surface area contributed by atoms with E-state index in [4.69, 9.17) is 5.73 Å². The first kappa shape index (κ1) is 13.4. The van der Waals surface area contributed by atoms with Crippen molar-refractivity contribution in [3.8, 4) is 0 Å². The van der Waals surface area contributed by atoms with Crippen molar-refractivity contribution >= 4 is 28.5 Å². The summed E-state index contributed by atoms with van der Waals surface area (Å²) in [6, 6.07) is 1.39. The molecule has 1 fully saturated rings. The van der Waals surface area contributed by atoms with Crippen LogP contribution in [-0.4, -0.2) is 32.0 Å². The van der Waals surface area contributed by atoms with Gasteiger partial charge in [-0.25, -0.2) is 9.97 Å². The maximum absolute atomic E-state index is 12.3. The first-order chi connectivity index (χ1) is 9.60. The fourth-order valence-corrected chi connectivity index (χ4v) is 3.09. The van der Waals surface area contributed by atoms with Gasteiger partial charge in [0.1, 0.15) is 5.65 Å². The van der Waals surface area contributed by atoms with Gasteiger partial charge in [-0.15, -0.1) is 0 Å². The van der Waals surface area contributed by atoms with E-state index in [0.29, 0.717) is 34.7 Å². The highest BCUT2D eigenvalue weighted by atomic mass is 32.2. The van der Waals surface area contributed by atoms with Gasteiger partial charge in [0.25, 0.3) is 5.56 Å². The first-order valence-corrected chi connectivity index (χ1v) is 7.72. The number of aliphatic hydroxyl groups is 1. The predicted molar refractivity (Wildman–Crippen MR) is 78.9 cm³/mol. The number of nitrogen functional groups attached to an aromatic ring is 1. The zero-order chi connectivity index (χ0) is 14.3. The van der Waals surface area contributed by atoms with E-state index in [0.717, 1.165) is 6.42 Å². The van der Waals surface area contributed by atoms with Crippen LogP contribution in [-0.2, 0) is 0 Å². The van der Waals surface area contributed by atoms with Gasteiger partial charge in [-0.05, 0) is 25.5 Å². The Morgan fingerprint density at radius 2 is 2.30 bits per heavy atom. The van der Waals surface area contributed by atoms with Crippen LogP contribution in [0.5, 0.6) is 0 Å². The molecular formula is C13H16N4O2S. The number of aromatic nitrogens is 3. The van der Waals surface area contributed by atoms with Gasteiger partial charge in [0.05, 0.1) is 11.5 Å². The zero-order valence-corrected chi connectivity index (χ0v) is 11.9. The maximum atomic E-state index is 12.3. The molecule has 1 aliphatic carbocycles. The van der Waals surface area contributed by atoms with Gasteiger partial charge in [-0.2, -0.15) is 0 Å². The Hall–Kier alpha value is -1.60. The Balaban J connectivity index is 2.26. The van der Waals surface area contributed by atoms with Crippen LogP contribution < -0.4 is 11.3 Å². The SMILES string of the molecule is CSc1ncc2c(N)cc(=O)n([C@H]3CC[C@H](O)C3)c2n1. The number of nitrogens with zero attached hydrogens (tertiary/aromatic N) is 3. The minimum absolute atomic E-state index is 0.0230. The Morgan fingerprint density at radius 3 is 2.95 bits per heavy atom. The van der Waals surface area contributed by atoms with E-state index in [9.17, 15) is 9.90 Å². The molecule has 2 heterocycles. The molecule has 7 heteroatoms. The number of pyridine rings is 1. The van der Waals surface area contributed by atoms with E-state index in [-0.39, 0.29) is 17.7 Å². The Morgan fingerprint density at radius 1 is 1.50 bits per heavy atom. The van der Waals surface area contributed by atoms with Gasteiger partial charge in [0.15, 0.2) is 5.16 Å². The number of aliphatic hydroxyl groups excluding tert-OH is 1. The molecule has 0 aliphatic heterocycles. The number of hydrogen-bond donors (Lipinski definition) is 2. The van der Waals surface area contributed by atoms with Gasteiger partial charge in [0, 0.05) is 24.0 Å². The summed E-state index contributed by atoms with van der Waals surface area (Å²) in [5.41, 5.74) is 6.69. The number of fused-ring (bicyclic) bond motifs is 1. The normalized spacial score (nSPS) is 22.5. The van der Waals surface area contributed by atoms with Crippen LogP contribution in [0.15, 0.2) is 22.2 Å². The van der Waals surface area contributed by atoms with E-state index < -0.39 is 0 Å². The number of hydrogen-bond acceptors (Lipinski definition) is 6. The summed E-state index contributed by atoms with van der Waals surface area (Å²) in [5.74, 6) is 0. The molecule has 2 aromatic heterocycles. The number of nitrogens with two attached hydrogens (primary N) is 1. The van der Waals surface area contributed by atoms with Gasteiger partial charge >= 0.3 is 0 Å². The van der Waals surface area contributed by atoms with Crippen LogP contribution in [0.2, 0.25) is 0 Å². The molecule has 3 N–H and O–H groups in total. The monoisotopic (exact) mass is 292 g/mol. The molecule has 106 valence electrons. The predicted octanol–water partition coefficient (Wildman–Crippen LogP) is 1.18. The van der Waals surface area contributed by atoms with Crippen LogP contribution in [0.4, 0.5) is 5.69 Å². The molecule has 1 saturated carbocycles. The summed E-state index contributed by atoms with van der Waals surface area (Å²) in [5, 5.41) is 11.0. The van der Waals surface area contributed by atoms with Crippen molar-refractivity contribution in [2.75, 3.05) is 12.0 Å². The number of thioether (sulfide) groups is 1. The molecule has 0 unspecified atom stereocenters. The molecule has 0 spiro atoms. The first-order valence-electron chi connectivity index (χ1n) is 6.50. The molecule has 2 aromatic rings. The van der Waals surface area contributed by atoms with Crippen LogP contribution >= 0.6 is 11.8 Å². The third kappa shape index (κ3) is 2.16. The minimum atomic E-state index is -0.346. The highest BCUT2D eigenvalue weighted by Crippen LogP contribution is 2.31. The second-order valence-corrected chi connectivity index (χ2v) is 5.80. The van der Waals surface area contributed by atoms with Gasteiger partial charge in [-0.1, -0.05) is 11.8 Å². The summed E-state index contributed by atoms with van der Waals surface area (Å²) in [4.78, 5) is 20.9. The molecule has 0 radical (unpaired) electrons. The summed E-state index contributed by atoms with van der Waals surface area (Å²) in [6.07, 6.45) is 5.26. The quantitative estimate of drug-likeness (QED) is 0.637. The van der Waals surface area contributed by atoms with Gasteiger partial charge in [-0.3, -0.25) is 9.36 Å². The van der Waals surface area contributed by atoms with E-state index >= 15 is 0 Å². The van der Waals surface area contributed by atoms with Crippen molar-refractivity contribution in [2.24, 2.45) is 0 Å². The smallest absolute Gasteiger partial charge is 0.254 e. The molecule has 0 amide bonds. The third-order valence-electron chi connectivity index (χ3n) is 3.73. The number of anilines is 1. The van der Waals surface area contributed by atoms with E-state index in [1.807, 2.05) is 6.26 Å². The van der Waals surface area contributed by atoms with Crippen molar-refractivity contribution < 1.29 is 5.11 Å². The largest absolute Gasteiger partial charge is 0.398 e. The van der Waals surface area contributed by atoms with Crippen molar-refractivity contribution in [3.63, 3.8) is 0 Å². The lowest BCUT2D eigenvalue weighted by Gasteiger charge is -2.17. The van der Waals surface area contributed by atoms with Crippen molar-refractivity contribution in [1.29, 1.82) is 0 Å². The van der Waals surface area contributed by atoms with Crippen LogP contribution in [0.25, 0.3) is 11.0 Å². The standard InChI is InChI=1S/C13H16N4O2S/c1-20-13-15-6-9-10(14)5-11(19)17(12(9)16-13)7-2-3-8(18)4-7/h5-8,18H,2-4,14H2,1H3/t7-,8-/m0/s1. The highest BCUT2D eigenvalue weighted by molar-refractivity contribution is 7.98. The lowest BCUT2D eigenvalue weighted by Crippen LogP contribution is -2.25. The third-order valence-corrected chi connectivity index (χ3v) is 4.29. The van der Waals surface area contributed by atoms with Crippen molar-refractivity contribution in [1.82, 2.24) is 14.5 Å². The molecule has 20 heavy (non-hydrogen) atoms. The second-order valence-electron chi connectivity index (χ2n) is 5.02. The fourth-order valence-electron chi connectivity index (χ4n) is 2.75. The summed E-state index contributed by atoms with van der Waals surface area (Å²) >= 11 is 1.42. The van der Waals surface area contributed by atoms with Gasteiger partial charge in [0.2, 0.25) is 0 Å². The molecule has 0 aromatic carbocycles. The van der Waals surface area contributed by atoms with E-state index in [1.54, 1.807) is 10.8 Å². The summed E-state index contributed by atoms with van der Waals surface area (Å²) < 4.78 is 1.66. The Labute approximate surface area is 120 Å². The molecule has 3 rings (SSSR count). The molecule has 0 bridgehead atoms. The molecular weight excluding hydrogens is 276 g/mol. The second kappa shape index (κ2) is 5.06. The molecule has 0 saturated heterocycles. The van der Waals surface area contributed by atoms with Gasteiger partial charge < -0.3 is 10.8 Å². The summed E-state index contributed by atoms with van der Waals surface area (Å²) in [6.45, 7) is 0. The molecule has 2 atom stereocenters. The zero-order valence-electron chi connectivity index (χ0n) is 11.1. The Bertz CT molecular complexity index is 715. The average Bonchev–Trinajstić information content (AvgIpc) is 2.84. The van der Waals surface area contributed by atoms with Crippen LogP contribution in [0, 0.1) is 0 Å². The fraction of sp³-hybridized carbons (Fsp3) is 0.462. The molecule has 6 nitrogen and oxygen atoms in total. The van der Waals surface area contributed by atoms with Crippen LogP contribution in [0.3, 0.4) is 0 Å². The van der Waals surface area contributed by atoms with E-state index in [2.05, 4.69) is 9.97 Å². The van der Waals surface area contributed by atoms with Crippen molar-refractivity contribution in [2.45, 2.75) is 36.6 Å². The summed E-state index contributed by atoms with van der Waals surface area (Å²) in [7, 11) is 0. The minimum Gasteiger partial charge on any atom is -0.398 e. The topological polar surface area (TPSA) is 94.0 Å². The lowest BCUT2D eigenvalue weighted by molar-refractivity contribution is 0.178. The number of rotatable bonds is 2. The van der Waals surface area contributed by atoms with Crippen LogP contribution in [0.1, 0.15) is 25.3 Å². The van der Waals surface area contributed by atoms with Crippen molar-refractivity contribution in [3.05, 3.63) is 22.6 Å². The average molecular weight is 292 g/mol. The molecule has 1 aliphatic rings. The van der Waals surface area contributed by atoms with E-state index in [1.165, 1.54) is 17.8 Å².